The second-order valence-corrected chi connectivity index (χ2v) is 8.19. The van der Waals surface area contributed by atoms with Crippen molar-refractivity contribution < 1.29 is 27.4 Å². The van der Waals surface area contributed by atoms with Gasteiger partial charge in [0.25, 0.3) is 0 Å². The van der Waals surface area contributed by atoms with Crippen molar-refractivity contribution in [1.82, 2.24) is 15.0 Å². The van der Waals surface area contributed by atoms with Crippen LogP contribution in [0, 0.1) is 12.8 Å². The van der Waals surface area contributed by atoms with Gasteiger partial charge in [0.15, 0.2) is 5.58 Å². The first-order valence-electron chi connectivity index (χ1n) is 10.7. The van der Waals surface area contributed by atoms with Crippen molar-refractivity contribution in [3.8, 4) is 11.3 Å². The van der Waals surface area contributed by atoms with Gasteiger partial charge in [-0.25, -0.2) is 9.97 Å². The Balaban J connectivity index is 1.72. The molecule has 0 aromatic carbocycles. The number of aryl methyl sites for hydroxylation is 1. The number of ether oxygens (including phenoxy) is 1. The highest BCUT2D eigenvalue weighted by Gasteiger charge is 2.33. The van der Waals surface area contributed by atoms with Crippen LogP contribution >= 0.6 is 0 Å². The molecule has 3 aromatic heterocycles. The maximum atomic E-state index is 13.1. The van der Waals surface area contributed by atoms with E-state index in [1.165, 1.54) is 0 Å². The number of rotatable bonds is 8. The molecule has 4 rings (SSSR count). The Morgan fingerprint density at radius 2 is 2.06 bits per heavy atom. The van der Waals surface area contributed by atoms with Crippen molar-refractivity contribution in [3.05, 3.63) is 29.7 Å². The molecule has 178 valence electrons. The molecular weight excluding hydrogens is 439 g/mol. The smallest absolute Gasteiger partial charge is 0.433 e. The lowest BCUT2D eigenvalue weighted by Crippen LogP contribution is -2.19. The lowest BCUT2D eigenvalue weighted by Gasteiger charge is -2.18. The fraction of sp³-hybridized carbons (Fsp3) is 0.500. The highest BCUT2D eigenvalue weighted by molar-refractivity contribution is 5.86. The highest BCUT2D eigenvalue weighted by Crippen LogP contribution is 2.38. The number of nitrogens with one attached hydrogen (secondary N) is 2. The minimum absolute atomic E-state index is 0.102. The third kappa shape index (κ3) is 5.19. The van der Waals surface area contributed by atoms with E-state index in [2.05, 4.69) is 25.6 Å². The molecule has 1 fully saturated rings. The van der Waals surface area contributed by atoms with E-state index in [1.54, 1.807) is 20.1 Å². The zero-order valence-corrected chi connectivity index (χ0v) is 18.4. The number of aliphatic hydroxyl groups is 1. The Morgan fingerprint density at radius 1 is 1.24 bits per heavy atom. The Morgan fingerprint density at radius 3 is 2.76 bits per heavy atom. The van der Waals surface area contributed by atoms with Gasteiger partial charge in [0, 0.05) is 31.7 Å². The summed E-state index contributed by atoms with van der Waals surface area (Å²) in [6, 6.07) is 2.62. The van der Waals surface area contributed by atoms with Gasteiger partial charge in [0.2, 0.25) is 5.95 Å². The number of hydrogen-bond donors (Lipinski definition) is 3. The molecular formula is C22H26F3N5O3. The van der Waals surface area contributed by atoms with E-state index in [4.69, 9.17) is 9.15 Å². The summed E-state index contributed by atoms with van der Waals surface area (Å²) < 4.78 is 50.1. The van der Waals surface area contributed by atoms with E-state index in [-0.39, 0.29) is 24.1 Å². The van der Waals surface area contributed by atoms with E-state index in [0.717, 1.165) is 31.5 Å². The average molecular weight is 465 g/mol. The number of methoxy groups -OCH3 is 1. The molecule has 8 nitrogen and oxygen atoms in total. The van der Waals surface area contributed by atoms with E-state index in [9.17, 15) is 18.3 Å². The van der Waals surface area contributed by atoms with Crippen molar-refractivity contribution in [2.75, 3.05) is 37.5 Å². The van der Waals surface area contributed by atoms with Crippen molar-refractivity contribution >= 4 is 22.7 Å². The van der Waals surface area contributed by atoms with E-state index < -0.39 is 11.9 Å². The summed E-state index contributed by atoms with van der Waals surface area (Å²) in [6.45, 7) is 2.92. The fourth-order valence-corrected chi connectivity index (χ4v) is 4.11. The number of pyridine rings is 1. The predicted molar refractivity (Wildman–Crippen MR) is 117 cm³/mol. The van der Waals surface area contributed by atoms with E-state index in [1.807, 2.05) is 0 Å². The normalized spacial score (nSPS) is 18.7. The second-order valence-electron chi connectivity index (χ2n) is 8.19. The maximum absolute atomic E-state index is 13.1. The number of aromatic nitrogens is 3. The molecule has 3 heterocycles. The lowest BCUT2D eigenvalue weighted by molar-refractivity contribution is -0.141. The lowest BCUT2D eigenvalue weighted by atomic mass is 10.1. The Bertz CT molecular complexity index is 1120. The molecule has 2 unspecified atom stereocenters. The first-order valence-corrected chi connectivity index (χ1v) is 10.7. The summed E-state index contributed by atoms with van der Waals surface area (Å²) in [5, 5.41) is 16.3. The standard InChI is InChI=1S/C22H26F3N5O3/c1-12-19(16-8-14-9-18(22(23,24)25)27-10-17(14)33-16)20(29-15-4-3-13(7-15)11-31)30-21(28-12)26-5-6-32-2/h8-10,13,15,31H,3-7,11H2,1-2H3,(H2,26,28,29,30). The molecule has 0 bridgehead atoms. The number of halogens is 3. The van der Waals surface area contributed by atoms with Gasteiger partial charge in [-0.3, -0.25) is 0 Å². The summed E-state index contributed by atoms with van der Waals surface area (Å²) >= 11 is 0. The molecule has 1 aliphatic carbocycles. The number of furan rings is 1. The van der Waals surface area contributed by atoms with Crippen LogP contribution in [0.3, 0.4) is 0 Å². The largest absolute Gasteiger partial charge is 0.454 e. The second kappa shape index (κ2) is 9.52. The molecule has 0 radical (unpaired) electrons. The van der Waals surface area contributed by atoms with Gasteiger partial charge in [-0.05, 0) is 44.2 Å². The topological polar surface area (TPSA) is 105 Å². The zero-order valence-electron chi connectivity index (χ0n) is 18.4. The summed E-state index contributed by atoms with van der Waals surface area (Å²) in [7, 11) is 1.60. The zero-order chi connectivity index (χ0) is 23.6. The average Bonchev–Trinajstić information content (AvgIpc) is 3.39. The summed E-state index contributed by atoms with van der Waals surface area (Å²) in [4.78, 5) is 12.6. The predicted octanol–water partition coefficient (Wildman–Crippen LogP) is 4.24. The summed E-state index contributed by atoms with van der Waals surface area (Å²) in [5.74, 6) is 1.51. The van der Waals surface area contributed by atoms with Gasteiger partial charge >= 0.3 is 6.18 Å². The third-order valence-electron chi connectivity index (χ3n) is 5.76. The number of alkyl halides is 3. The molecule has 0 amide bonds. The Labute approximate surface area is 188 Å². The van der Waals surface area contributed by atoms with Gasteiger partial charge in [-0.15, -0.1) is 0 Å². The number of fused-ring (bicyclic) bond motifs is 1. The number of aliphatic hydroxyl groups excluding tert-OH is 1. The van der Waals surface area contributed by atoms with Crippen LogP contribution in [0.1, 0.15) is 30.7 Å². The van der Waals surface area contributed by atoms with Gasteiger partial charge < -0.3 is 24.9 Å². The molecule has 3 aromatic rings. The minimum Gasteiger partial charge on any atom is -0.454 e. The monoisotopic (exact) mass is 465 g/mol. The molecule has 3 N–H and O–H groups in total. The van der Waals surface area contributed by atoms with Gasteiger partial charge in [0.05, 0.1) is 24.1 Å². The molecule has 0 aliphatic heterocycles. The Kier molecular flexibility index (Phi) is 6.71. The molecule has 11 heteroatoms. The van der Waals surface area contributed by atoms with Crippen LogP contribution in [0.2, 0.25) is 0 Å². The quantitative estimate of drug-likeness (QED) is 0.424. The highest BCUT2D eigenvalue weighted by atomic mass is 19.4. The minimum atomic E-state index is -4.54. The maximum Gasteiger partial charge on any atom is 0.433 e. The van der Waals surface area contributed by atoms with Crippen LogP contribution in [0.4, 0.5) is 24.9 Å². The van der Waals surface area contributed by atoms with Gasteiger partial charge in [-0.2, -0.15) is 18.2 Å². The van der Waals surface area contributed by atoms with Gasteiger partial charge in [0.1, 0.15) is 17.3 Å². The van der Waals surface area contributed by atoms with Crippen LogP contribution in [0.5, 0.6) is 0 Å². The first-order chi connectivity index (χ1) is 15.8. The number of hydrogen-bond acceptors (Lipinski definition) is 8. The van der Waals surface area contributed by atoms with Crippen molar-refractivity contribution in [2.45, 2.75) is 38.4 Å². The van der Waals surface area contributed by atoms with Crippen LogP contribution in [0.25, 0.3) is 22.3 Å². The third-order valence-corrected chi connectivity index (χ3v) is 5.76. The van der Waals surface area contributed by atoms with E-state index >= 15 is 0 Å². The van der Waals surface area contributed by atoms with Crippen molar-refractivity contribution in [1.29, 1.82) is 0 Å². The number of anilines is 2. The van der Waals surface area contributed by atoms with E-state index in [0.29, 0.717) is 47.3 Å². The Hall–Kier alpha value is -2.92. The molecule has 2 atom stereocenters. The first kappa shape index (κ1) is 23.2. The van der Waals surface area contributed by atoms with Crippen LogP contribution in [-0.4, -0.2) is 53.0 Å². The molecule has 1 saturated carbocycles. The SMILES string of the molecule is COCCNc1nc(C)c(-c2cc3cc(C(F)(F)F)ncc3o2)c(NC2CCC(CO)C2)n1. The van der Waals surface area contributed by atoms with Crippen LogP contribution in [-0.2, 0) is 10.9 Å². The summed E-state index contributed by atoms with van der Waals surface area (Å²) in [6.07, 6.45) is -0.889. The molecule has 0 saturated heterocycles. The molecule has 33 heavy (non-hydrogen) atoms. The summed E-state index contributed by atoms with van der Waals surface area (Å²) in [5.41, 5.74) is 0.441. The van der Waals surface area contributed by atoms with Crippen LogP contribution in [0.15, 0.2) is 22.7 Å². The van der Waals surface area contributed by atoms with Crippen molar-refractivity contribution in [3.63, 3.8) is 0 Å². The van der Waals surface area contributed by atoms with Crippen molar-refractivity contribution in [2.24, 2.45) is 5.92 Å². The molecule has 1 aliphatic rings. The molecule has 0 spiro atoms. The van der Waals surface area contributed by atoms with Crippen LogP contribution < -0.4 is 10.6 Å². The number of nitrogens with zero attached hydrogens (tertiary/aromatic N) is 3. The fourth-order valence-electron chi connectivity index (χ4n) is 4.11. The van der Waals surface area contributed by atoms with Gasteiger partial charge in [-0.1, -0.05) is 0 Å².